The molecule has 1 saturated heterocycles. The number of rotatable bonds is 4. The van der Waals surface area contributed by atoms with Crippen molar-refractivity contribution >= 4 is 33.4 Å². The Hall–Kier alpha value is -2.81. The first kappa shape index (κ1) is 17.6. The molecule has 0 aromatic heterocycles. The summed E-state index contributed by atoms with van der Waals surface area (Å²) < 4.78 is 19.1. The van der Waals surface area contributed by atoms with Crippen molar-refractivity contribution in [2.24, 2.45) is 10.3 Å². The van der Waals surface area contributed by atoms with E-state index in [4.69, 9.17) is 4.74 Å². The number of hydrogen-bond acceptors (Lipinski definition) is 6. The Morgan fingerprint density at radius 2 is 1.89 bits per heavy atom. The molecule has 0 saturated carbocycles. The minimum absolute atomic E-state index is 0.309. The largest absolute Gasteiger partial charge is 0.496 e. The number of methoxy groups -OCH3 is 1. The molecule has 2 atom stereocenters. The number of amides is 2. The molecule has 0 N–H and O–H groups in total. The van der Waals surface area contributed by atoms with E-state index in [-0.39, 0.29) is 0 Å². The second kappa shape index (κ2) is 6.73. The van der Waals surface area contributed by atoms with Crippen LogP contribution in [0.2, 0.25) is 0 Å². The third-order valence-corrected chi connectivity index (χ3v) is 5.12. The highest BCUT2D eigenvalue weighted by molar-refractivity contribution is 9.10. The van der Waals surface area contributed by atoms with Crippen LogP contribution < -0.4 is 9.64 Å². The Morgan fingerprint density at radius 3 is 2.56 bits per heavy atom. The number of fused-ring (bicyclic) bond motifs is 1. The van der Waals surface area contributed by atoms with E-state index in [1.54, 1.807) is 13.2 Å². The Kier molecular flexibility index (Phi) is 4.39. The summed E-state index contributed by atoms with van der Waals surface area (Å²) in [6.07, 6.45) is 0. The molecule has 2 aliphatic heterocycles. The first-order chi connectivity index (χ1) is 13.0. The molecule has 2 aliphatic rings. The lowest BCUT2D eigenvalue weighted by Crippen LogP contribution is -2.39. The summed E-state index contributed by atoms with van der Waals surface area (Å²) in [4.78, 5) is 26.5. The van der Waals surface area contributed by atoms with Crippen molar-refractivity contribution in [3.63, 3.8) is 0 Å². The van der Waals surface area contributed by atoms with Gasteiger partial charge in [-0.2, -0.15) is 5.11 Å². The van der Waals surface area contributed by atoms with Crippen molar-refractivity contribution in [3.8, 4) is 5.75 Å². The summed E-state index contributed by atoms with van der Waals surface area (Å²) in [5.41, 5.74) is 1.20. The van der Waals surface area contributed by atoms with E-state index in [0.717, 1.165) is 14.9 Å². The monoisotopic (exact) mass is 432 g/mol. The molecular weight excluding hydrogens is 419 g/mol. The van der Waals surface area contributed by atoms with Crippen molar-refractivity contribution in [1.82, 2.24) is 5.01 Å². The van der Waals surface area contributed by atoms with E-state index < -0.39 is 29.7 Å². The van der Waals surface area contributed by atoms with Crippen LogP contribution in [-0.4, -0.2) is 36.0 Å². The molecule has 0 bridgehead atoms. The van der Waals surface area contributed by atoms with Gasteiger partial charge in [-0.1, -0.05) is 11.3 Å². The standard InChI is InChI=1S/C18H14BrFN4O3/c1-27-14-7-2-10(8-13(14)19)9-23-16-15(21-22-23)17(25)24(18(16)26)12-5-3-11(20)4-6-12/h2-8,15-16H,9H2,1H3/t15-,16-/m1/s1. The number of imide groups is 1. The van der Waals surface area contributed by atoms with Crippen molar-refractivity contribution in [2.45, 2.75) is 18.6 Å². The zero-order chi connectivity index (χ0) is 19.1. The van der Waals surface area contributed by atoms with Crippen LogP contribution in [0.3, 0.4) is 0 Å². The predicted octanol–water partition coefficient (Wildman–Crippen LogP) is 3.09. The quantitative estimate of drug-likeness (QED) is 0.695. The lowest BCUT2D eigenvalue weighted by Gasteiger charge is -2.21. The van der Waals surface area contributed by atoms with Gasteiger partial charge in [-0.15, -0.1) is 0 Å². The van der Waals surface area contributed by atoms with E-state index in [2.05, 4.69) is 26.3 Å². The molecule has 2 aromatic rings. The molecule has 1 fully saturated rings. The summed E-state index contributed by atoms with van der Waals surface area (Å²) in [6, 6.07) is 9.04. The van der Waals surface area contributed by atoms with Crippen LogP contribution in [-0.2, 0) is 16.1 Å². The number of carbonyl (C=O) groups is 2. The Bertz CT molecular complexity index is 950. The van der Waals surface area contributed by atoms with Gasteiger partial charge in [0.15, 0.2) is 12.1 Å². The average Bonchev–Trinajstić information content (AvgIpc) is 3.17. The van der Waals surface area contributed by atoms with Crippen molar-refractivity contribution < 1.29 is 18.7 Å². The van der Waals surface area contributed by atoms with Gasteiger partial charge in [0, 0.05) is 0 Å². The van der Waals surface area contributed by atoms with Gasteiger partial charge in [-0.05, 0) is 57.9 Å². The number of carbonyl (C=O) groups excluding carboxylic acids is 2. The second-order valence-corrected chi connectivity index (χ2v) is 7.00. The lowest BCUT2D eigenvalue weighted by molar-refractivity contribution is -0.123. The average molecular weight is 433 g/mol. The zero-order valence-electron chi connectivity index (χ0n) is 14.2. The summed E-state index contributed by atoms with van der Waals surface area (Å²) in [5.74, 6) is -0.633. The molecule has 2 amide bonds. The fraction of sp³-hybridized carbons (Fsp3) is 0.222. The summed E-state index contributed by atoms with van der Waals surface area (Å²) in [5, 5.41) is 9.50. The molecule has 138 valence electrons. The Morgan fingerprint density at radius 1 is 1.15 bits per heavy atom. The van der Waals surface area contributed by atoms with Gasteiger partial charge in [0.1, 0.15) is 11.6 Å². The van der Waals surface area contributed by atoms with E-state index in [1.807, 2.05) is 12.1 Å². The van der Waals surface area contributed by atoms with Crippen molar-refractivity contribution in [1.29, 1.82) is 0 Å². The second-order valence-electron chi connectivity index (χ2n) is 6.15. The van der Waals surface area contributed by atoms with E-state index in [1.165, 1.54) is 29.3 Å². The minimum atomic E-state index is -0.885. The smallest absolute Gasteiger partial charge is 0.263 e. The number of anilines is 1. The van der Waals surface area contributed by atoms with Crippen LogP contribution in [0.25, 0.3) is 0 Å². The maximum absolute atomic E-state index is 13.1. The molecular formula is C18H14BrFN4O3. The Balaban J connectivity index is 1.58. The van der Waals surface area contributed by atoms with Gasteiger partial charge in [0.05, 0.1) is 23.8 Å². The normalized spacial score (nSPS) is 21.1. The van der Waals surface area contributed by atoms with Gasteiger partial charge in [0.25, 0.3) is 11.8 Å². The molecule has 0 spiro atoms. The highest BCUT2D eigenvalue weighted by Gasteiger charge is 2.54. The maximum Gasteiger partial charge on any atom is 0.263 e. The zero-order valence-corrected chi connectivity index (χ0v) is 15.8. The SMILES string of the molecule is COc1ccc(CN2N=N[C@H]3C(=O)N(c4ccc(F)cc4)C(=O)[C@@H]32)cc1Br. The number of hydrogen-bond donors (Lipinski definition) is 0. The third-order valence-electron chi connectivity index (χ3n) is 4.50. The van der Waals surface area contributed by atoms with Crippen LogP contribution in [0.5, 0.6) is 5.75 Å². The third kappa shape index (κ3) is 2.97. The summed E-state index contributed by atoms with van der Waals surface area (Å²) in [7, 11) is 1.58. The molecule has 4 rings (SSSR count). The highest BCUT2D eigenvalue weighted by atomic mass is 79.9. The minimum Gasteiger partial charge on any atom is -0.496 e. The Labute approximate surface area is 162 Å². The summed E-state index contributed by atoms with van der Waals surface area (Å²) in [6.45, 7) is 0.309. The topological polar surface area (TPSA) is 74.6 Å². The maximum atomic E-state index is 13.1. The molecule has 0 aliphatic carbocycles. The molecule has 7 nitrogen and oxygen atoms in total. The van der Waals surface area contributed by atoms with Gasteiger partial charge in [-0.25, -0.2) is 9.29 Å². The molecule has 2 aromatic carbocycles. The molecule has 27 heavy (non-hydrogen) atoms. The van der Waals surface area contributed by atoms with Crippen LogP contribution in [0, 0.1) is 5.82 Å². The van der Waals surface area contributed by atoms with Gasteiger partial charge in [-0.3, -0.25) is 14.6 Å². The first-order valence-electron chi connectivity index (χ1n) is 8.13. The van der Waals surface area contributed by atoms with Gasteiger partial charge >= 0.3 is 0 Å². The molecule has 0 radical (unpaired) electrons. The van der Waals surface area contributed by atoms with E-state index in [9.17, 15) is 14.0 Å². The fourth-order valence-electron chi connectivity index (χ4n) is 3.19. The van der Waals surface area contributed by atoms with Crippen LogP contribution in [0.1, 0.15) is 5.56 Å². The molecule has 9 heteroatoms. The van der Waals surface area contributed by atoms with E-state index >= 15 is 0 Å². The number of nitrogens with zero attached hydrogens (tertiary/aromatic N) is 4. The van der Waals surface area contributed by atoms with Gasteiger partial charge < -0.3 is 4.74 Å². The van der Waals surface area contributed by atoms with Gasteiger partial charge in [0.2, 0.25) is 0 Å². The lowest BCUT2D eigenvalue weighted by atomic mass is 10.1. The van der Waals surface area contributed by atoms with Crippen molar-refractivity contribution in [2.75, 3.05) is 12.0 Å². The number of ether oxygens (including phenoxy) is 1. The van der Waals surface area contributed by atoms with Crippen molar-refractivity contribution in [3.05, 3.63) is 58.3 Å². The first-order valence-corrected chi connectivity index (χ1v) is 8.92. The number of benzene rings is 2. The van der Waals surface area contributed by atoms with Crippen LogP contribution in [0.15, 0.2) is 57.3 Å². The summed E-state index contributed by atoms with van der Waals surface area (Å²) >= 11 is 3.42. The molecule has 0 unspecified atom stereocenters. The molecule has 2 heterocycles. The van der Waals surface area contributed by atoms with E-state index in [0.29, 0.717) is 18.0 Å². The predicted molar refractivity (Wildman–Crippen MR) is 97.6 cm³/mol. The van der Waals surface area contributed by atoms with Crippen LogP contribution >= 0.6 is 15.9 Å². The number of halogens is 2. The highest BCUT2D eigenvalue weighted by Crippen LogP contribution is 2.33. The van der Waals surface area contributed by atoms with Crippen LogP contribution in [0.4, 0.5) is 10.1 Å². The fourth-order valence-corrected chi connectivity index (χ4v) is 3.78.